The van der Waals surface area contributed by atoms with E-state index in [2.05, 4.69) is 49.3 Å². The third-order valence-corrected chi connectivity index (χ3v) is 9.52. The van der Waals surface area contributed by atoms with E-state index < -0.39 is 5.97 Å². The number of carboxylic acids is 1. The van der Waals surface area contributed by atoms with Crippen molar-refractivity contribution in [2.75, 3.05) is 18.0 Å². The van der Waals surface area contributed by atoms with Gasteiger partial charge in [0.25, 0.3) is 0 Å². The molecule has 2 saturated carbocycles. The second-order valence-electron chi connectivity index (χ2n) is 10.9. The normalized spacial score (nSPS) is 23.1. The van der Waals surface area contributed by atoms with E-state index in [9.17, 15) is 9.90 Å². The fraction of sp³-hybridized carbons (Fsp3) is 0.552. The van der Waals surface area contributed by atoms with Crippen LogP contribution in [0.25, 0.3) is 21.7 Å². The maximum Gasteiger partial charge on any atom is 0.306 e. The second-order valence-corrected chi connectivity index (χ2v) is 11.9. The van der Waals surface area contributed by atoms with Gasteiger partial charge in [-0.05, 0) is 56.9 Å². The van der Waals surface area contributed by atoms with Crippen molar-refractivity contribution in [1.82, 2.24) is 20.2 Å². The third-order valence-electron chi connectivity index (χ3n) is 8.38. The van der Waals surface area contributed by atoms with Gasteiger partial charge in [0, 0.05) is 42.5 Å². The first-order valence-electron chi connectivity index (χ1n) is 14.0. The molecule has 0 radical (unpaired) electrons. The lowest BCUT2D eigenvalue weighted by Gasteiger charge is -2.33. The van der Waals surface area contributed by atoms with E-state index in [1.54, 1.807) is 11.3 Å². The van der Waals surface area contributed by atoms with E-state index in [1.807, 2.05) is 12.4 Å². The Morgan fingerprint density at radius 2 is 1.45 bits per heavy atom. The van der Waals surface area contributed by atoms with Gasteiger partial charge in [-0.25, -0.2) is 9.97 Å². The molecule has 9 heteroatoms. The smallest absolute Gasteiger partial charge is 0.306 e. The Labute approximate surface area is 227 Å². The van der Waals surface area contributed by atoms with Crippen LogP contribution in [0.1, 0.15) is 75.1 Å². The summed E-state index contributed by atoms with van der Waals surface area (Å²) in [5.74, 6) is 0.226. The molecule has 1 N–H and O–H groups in total. The Kier molecular flexibility index (Phi) is 7.65. The fourth-order valence-electron chi connectivity index (χ4n) is 6.03. The SMILES string of the molecule is O=C(O)C1CCC(c2nnc(-c3ccc(-c4cnc(N5CCC(OC6CCCC6)CC5)nc4)cc3)s2)CC1. The Morgan fingerprint density at radius 3 is 2.11 bits per heavy atom. The molecule has 0 amide bonds. The van der Waals surface area contributed by atoms with Gasteiger partial charge < -0.3 is 14.7 Å². The largest absolute Gasteiger partial charge is 0.481 e. The van der Waals surface area contributed by atoms with Gasteiger partial charge in [-0.1, -0.05) is 48.4 Å². The zero-order valence-electron chi connectivity index (χ0n) is 21.7. The molecule has 3 aromatic rings. The second kappa shape index (κ2) is 11.5. The van der Waals surface area contributed by atoms with Gasteiger partial charge in [-0.15, -0.1) is 10.2 Å². The molecule has 3 heterocycles. The number of ether oxygens (including phenoxy) is 1. The lowest BCUT2D eigenvalue weighted by molar-refractivity contribution is -0.142. The topological polar surface area (TPSA) is 101 Å². The molecule has 1 aliphatic heterocycles. The molecule has 2 aromatic heterocycles. The number of aliphatic carboxylic acids is 1. The molecular weight excluding hydrogens is 498 g/mol. The molecule has 3 aliphatic rings. The molecule has 0 bridgehead atoms. The Bertz CT molecular complexity index is 1210. The van der Waals surface area contributed by atoms with E-state index in [0.717, 1.165) is 84.3 Å². The van der Waals surface area contributed by atoms with Crippen LogP contribution in [-0.2, 0) is 9.53 Å². The number of carbonyl (C=O) groups is 1. The number of aromatic nitrogens is 4. The highest BCUT2D eigenvalue weighted by Crippen LogP contribution is 2.39. The van der Waals surface area contributed by atoms with Crippen molar-refractivity contribution >= 4 is 23.3 Å². The zero-order valence-corrected chi connectivity index (χ0v) is 22.5. The highest BCUT2D eigenvalue weighted by Gasteiger charge is 2.29. The number of hydrogen-bond donors (Lipinski definition) is 1. The molecule has 1 aromatic carbocycles. The van der Waals surface area contributed by atoms with Crippen LogP contribution < -0.4 is 4.90 Å². The molecule has 0 spiro atoms. The number of benzene rings is 1. The molecule has 8 nitrogen and oxygen atoms in total. The molecule has 2 aliphatic carbocycles. The van der Waals surface area contributed by atoms with Gasteiger partial charge in [-0.2, -0.15) is 0 Å². The van der Waals surface area contributed by atoms with E-state index in [4.69, 9.17) is 4.74 Å². The van der Waals surface area contributed by atoms with Gasteiger partial charge in [0.15, 0.2) is 0 Å². The van der Waals surface area contributed by atoms with E-state index >= 15 is 0 Å². The van der Waals surface area contributed by atoms with Crippen LogP contribution in [0.15, 0.2) is 36.7 Å². The molecule has 0 atom stereocenters. The number of rotatable bonds is 7. The third kappa shape index (κ3) is 5.73. The first-order valence-corrected chi connectivity index (χ1v) is 14.8. The van der Waals surface area contributed by atoms with Crippen molar-refractivity contribution in [3.8, 4) is 21.7 Å². The monoisotopic (exact) mass is 533 g/mol. The van der Waals surface area contributed by atoms with Crippen LogP contribution in [0.3, 0.4) is 0 Å². The Balaban J connectivity index is 1.04. The van der Waals surface area contributed by atoms with Crippen LogP contribution in [0.2, 0.25) is 0 Å². The predicted molar refractivity (Wildman–Crippen MR) is 147 cm³/mol. The predicted octanol–water partition coefficient (Wildman–Crippen LogP) is 5.95. The average Bonchev–Trinajstić information content (AvgIpc) is 3.67. The molecule has 6 rings (SSSR count). The van der Waals surface area contributed by atoms with E-state index in [1.165, 1.54) is 25.7 Å². The minimum absolute atomic E-state index is 0.211. The van der Waals surface area contributed by atoms with Gasteiger partial charge in [-0.3, -0.25) is 4.79 Å². The van der Waals surface area contributed by atoms with Gasteiger partial charge in [0.05, 0.1) is 18.1 Å². The molecular formula is C29H35N5O3S. The van der Waals surface area contributed by atoms with Crippen LogP contribution >= 0.6 is 11.3 Å². The van der Waals surface area contributed by atoms with Gasteiger partial charge in [0.1, 0.15) is 10.0 Å². The summed E-state index contributed by atoms with van der Waals surface area (Å²) < 4.78 is 6.30. The number of piperidine rings is 1. The first-order chi connectivity index (χ1) is 18.6. The summed E-state index contributed by atoms with van der Waals surface area (Å²) >= 11 is 1.62. The van der Waals surface area contributed by atoms with E-state index in [0.29, 0.717) is 18.1 Å². The maximum absolute atomic E-state index is 11.2. The fourth-order valence-corrected chi connectivity index (χ4v) is 7.05. The summed E-state index contributed by atoms with van der Waals surface area (Å²) in [6, 6.07) is 8.31. The van der Waals surface area contributed by atoms with Gasteiger partial charge in [0.2, 0.25) is 5.95 Å². The molecule has 200 valence electrons. The van der Waals surface area contributed by atoms with Crippen LogP contribution in [0.4, 0.5) is 5.95 Å². The van der Waals surface area contributed by atoms with Gasteiger partial charge >= 0.3 is 5.97 Å². The summed E-state index contributed by atoms with van der Waals surface area (Å²) in [6.45, 7) is 1.88. The van der Waals surface area contributed by atoms with Crippen molar-refractivity contribution in [3.63, 3.8) is 0 Å². The average molecular weight is 534 g/mol. The minimum atomic E-state index is -0.675. The summed E-state index contributed by atoms with van der Waals surface area (Å²) in [5, 5.41) is 20.0. The van der Waals surface area contributed by atoms with Crippen molar-refractivity contribution in [2.45, 2.75) is 82.3 Å². The minimum Gasteiger partial charge on any atom is -0.481 e. The van der Waals surface area contributed by atoms with E-state index in [-0.39, 0.29) is 5.92 Å². The number of nitrogens with zero attached hydrogens (tertiary/aromatic N) is 5. The van der Waals surface area contributed by atoms with Crippen molar-refractivity contribution < 1.29 is 14.6 Å². The summed E-state index contributed by atoms with van der Waals surface area (Å²) in [7, 11) is 0. The van der Waals surface area contributed by atoms with Crippen LogP contribution in [-0.4, -0.2) is 56.5 Å². The molecule has 1 saturated heterocycles. The highest BCUT2D eigenvalue weighted by molar-refractivity contribution is 7.14. The first kappa shape index (κ1) is 25.4. The maximum atomic E-state index is 11.2. The molecule has 3 fully saturated rings. The lowest BCUT2D eigenvalue weighted by Crippen LogP contribution is -2.39. The number of anilines is 1. The highest BCUT2D eigenvalue weighted by atomic mass is 32.1. The van der Waals surface area contributed by atoms with Crippen LogP contribution in [0.5, 0.6) is 0 Å². The molecule has 0 unspecified atom stereocenters. The van der Waals surface area contributed by atoms with Crippen molar-refractivity contribution in [3.05, 3.63) is 41.7 Å². The molecule has 38 heavy (non-hydrogen) atoms. The van der Waals surface area contributed by atoms with Crippen molar-refractivity contribution in [1.29, 1.82) is 0 Å². The number of hydrogen-bond acceptors (Lipinski definition) is 8. The standard InChI is InChI=1S/C29H35N5O3S/c35-28(36)22-11-9-21(10-12-22)27-33-32-26(38-27)20-7-5-19(6-8-20)23-17-30-29(31-18-23)34-15-13-25(14-16-34)37-24-3-1-2-4-24/h5-8,17-18,21-22,24-25H,1-4,9-16H2,(H,35,36). The summed E-state index contributed by atoms with van der Waals surface area (Å²) in [4.78, 5) is 22.8. The number of carboxylic acid groups (broad SMARTS) is 1. The van der Waals surface area contributed by atoms with Crippen LogP contribution in [0, 0.1) is 5.92 Å². The van der Waals surface area contributed by atoms with Crippen molar-refractivity contribution in [2.24, 2.45) is 5.92 Å². The Morgan fingerprint density at radius 1 is 0.816 bits per heavy atom. The zero-order chi connectivity index (χ0) is 25.9. The summed E-state index contributed by atoms with van der Waals surface area (Å²) in [6.07, 6.45) is 15.0. The lowest BCUT2D eigenvalue weighted by atomic mass is 9.82. The quantitative estimate of drug-likeness (QED) is 0.398. The summed E-state index contributed by atoms with van der Waals surface area (Å²) in [5.41, 5.74) is 3.10. The Hall–Kier alpha value is -2.91.